The minimum absolute atomic E-state index is 0.00223. The number of hydrogen-bond donors (Lipinski definition) is 0. The molecule has 0 radical (unpaired) electrons. The Balaban J connectivity index is 1.78. The lowest BCUT2D eigenvalue weighted by Gasteiger charge is -2.29. The van der Waals surface area contributed by atoms with Crippen LogP contribution in [0.4, 0.5) is 13.2 Å². The maximum absolute atomic E-state index is 13.6. The third-order valence-electron chi connectivity index (χ3n) is 5.08. The van der Waals surface area contributed by atoms with Crippen LogP contribution in [0.3, 0.4) is 0 Å². The van der Waals surface area contributed by atoms with Gasteiger partial charge >= 0.3 is 6.18 Å². The minimum atomic E-state index is -4.63. The summed E-state index contributed by atoms with van der Waals surface area (Å²) in [7, 11) is 0. The lowest BCUT2D eigenvalue weighted by atomic mass is 9.99. The third kappa shape index (κ3) is 3.46. The SMILES string of the molecule is CC1CCN(C(=O)c2cc3nc(-c4ccccc4)cc(C(F)(F)F)n3n2)CC1. The van der Waals surface area contributed by atoms with Gasteiger partial charge in [-0.1, -0.05) is 37.3 Å². The summed E-state index contributed by atoms with van der Waals surface area (Å²) in [4.78, 5) is 18.7. The molecule has 146 valence electrons. The van der Waals surface area contributed by atoms with Crippen molar-refractivity contribution in [3.63, 3.8) is 0 Å². The molecule has 0 N–H and O–H groups in total. The van der Waals surface area contributed by atoms with Crippen molar-refractivity contribution in [3.8, 4) is 11.3 Å². The molecule has 1 fully saturated rings. The normalized spacial score (nSPS) is 15.9. The van der Waals surface area contributed by atoms with Crippen molar-refractivity contribution in [1.82, 2.24) is 19.5 Å². The largest absolute Gasteiger partial charge is 0.433 e. The molecular weight excluding hydrogens is 369 g/mol. The number of fused-ring (bicyclic) bond motifs is 1. The van der Waals surface area contributed by atoms with Crippen LogP contribution in [0.15, 0.2) is 42.5 Å². The zero-order valence-electron chi connectivity index (χ0n) is 15.3. The molecule has 1 saturated heterocycles. The van der Waals surface area contributed by atoms with Crippen LogP contribution in [-0.2, 0) is 6.18 Å². The van der Waals surface area contributed by atoms with Crippen LogP contribution in [0.25, 0.3) is 16.9 Å². The summed E-state index contributed by atoms with van der Waals surface area (Å²) in [5.74, 6) is 0.184. The summed E-state index contributed by atoms with van der Waals surface area (Å²) in [6.45, 7) is 3.29. The second-order valence-electron chi connectivity index (χ2n) is 7.16. The van der Waals surface area contributed by atoms with Crippen LogP contribution in [0.2, 0.25) is 0 Å². The van der Waals surface area contributed by atoms with E-state index < -0.39 is 11.9 Å². The summed E-state index contributed by atoms with van der Waals surface area (Å²) in [6, 6.07) is 10.9. The monoisotopic (exact) mass is 388 g/mol. The second-order valence-corrected chi connectivity index (χ2v) is 7.16. The third-order valence-corrected chi connectivity index (χ3v) is 5.08. The van der Waals surface area contributed by atoms with Crippen LogP contribution in [0, 0.1) is 5.92 Å². The fourth-order valence-corrected chi connectivity index (χ4v) is 3.41. The topological polar surface area (TPSA) is 50.5 Å². The zero-order valence-corrected chi connectivity index (χ0v) is 15.3. The van der Waals surface area contributed by atoms with Crippen molar-refractivity contribution in [1.29, 1.82) is 0 Å². The van der Waals surface area contributed by atoms with Crippen LogP contribution in [0.1, 0.15) is 35.9 Å². The first-order valence-corrected chi connectivity index (χ1v) is 9.15. The van der Waals surface area contributed by atoms with Crippen molar-refractivity contribution in [3.05, 3.63) is 53.9 Å². The molecule has 1 aliphatic heterocycles. The van der Waals surface area contributed by atoms with Crippen molar-refractivity contribution in [2.75, 3.05) is 13.1 Å². The van der Waals surface area contributed by atoms with Gasteiger partial charge in [-0.3, -0.25) is 4.79 Å². The smallest absolute Gasteiger partial charge is 0.337 e. The summed E-state index contributed by atoms with van der Waals surface area (Å²) >= 11 is 0. The molecule has 0 atom stereocenters. The molecule has 28 heavy (non-hydrogen) atoms. The zero-order chi connectivity index (χ0) is 19.9. The molecule has 0 aliphatic carbocycles. The average Bonchev–Trinajstić information content (AvgIpc) is 3.11. The highest BCUT2D eigenvalue weighted by Crippen LogP contribution is 2.32. The highest BCUT2D eigenvalue weighted by atomic mass is 19.4. The van der Waals surface area contributed by atoms with Gasteiger partial charge in [-0.25, -0.2) is 9.50 Å². The highest BCUT2D eigenvalue weighted by Gasteiger charge is 2.36. The number of amides is 1. The molecule has 5 nitrogen and oxygen atoms in total. The molecule has 1 aliphatic rings. The lowest BCUT2D eigenvalue weighted by Crippen LogP contribution is -2.38. The first-order chi connectivity index (χ1) is 13.3. The first-order valence-electron chi connectivity index (χ1n) is 9.15. The number of carbonyl (C=O) groups is 1. The maximum atomic E-state index is 13.6. The number of alkyl halides is 3. The number of nitrogens with zero attached hydrogens (tertiary/aromatic N) is 4. The van der Waals surface area contributed by atoms with Crippen LogP contribution in [-0.4, -0.2) is 38.5 Å². The van der Waals surface area contributed by atoms with Crippen molar-refractivity contribution >= 4 is 11.6 Å². The van der Waals surface area contributed by atoms with E-state index in [0.717, 1.165) is 18.9 Å². The van der Waals surface area contributed by atoms with E-state index in [0.29, 0.717) is 29.1 Å². The van der Waals surface area contributed by atoms with E-state index in [1.807, 2.05) is 0 Å². The standard InChI is InChI=1S/C20H19F3N4O/c1-13-7-9-26(10-8-13)19(28)16-12-18-24-15(14-5-3-2-4-6-14)11-17(20(21,22)23)27(18)25-16/h2-6,11-13H,7-10H2,1H3. The van der Waals surface area contributed by atoms with Crippen LogP contribution < -0.4 is 0 Å². The van der Waals surface area contributed by atoms with E-state index in [-0.39, 0.29) is 22.9 Å². The molecule has 3 heterocycles. The quantitative estimate of drug-likeness (QED) is 0.658. The van der Waals surface area contributed by atoms with E-state index in [4.69, 9.17) is 0 Å². The Hall–Kier alpha value is -2.90. The van der Waals surface area contributed by atoms with Gasteiger partial charge in [-0.15, -0.1) is 0 Å². The van der Waals surface area contributed by atoms with Gasteiger partial charge in [0.05, 0.1) is 5.69 Å². The predicted octanol–water partition coefficient (Wildman–Crippen LogP) is 4.29. The molecule has 2 aromatic heterocycles. The fourth-order valence-electron chi connectivity index (χ4n) is 3.41. The number of hydrogen-bond acceptors (Lipinski definition) is 3. The predicted molar refractivity (Wildman–Crippen MR) is 97.7 cm³/mol. The summed E-state index contributed by atoms with van der Waals surface area (Å²) < 4.78 is 41.6. The molecule has 8 heteroatoms. The molecule has 0 bridgehead atoms. The Morgan fingerprint density at radius 1 is 1.11 bits per heavy atom. The second kappa shape index (κ2) is 6.92. The van der Waals surface area contributed by atoms with Gasteiger partial charge in [-0.05, 0) is 24.8 Å². The molecule has 0 unspecified atom stereocenters. The van der Waals surface area contributed by atoms with E-state index in [9.17, 15) is 18.0 Å². The van der Waals surface area contributed by atoms with Gasteiger partial charge in [0.2, 0.25) is 0 Å². The number of benzene rings is 1. The number of likely N-dealkylation sites (tertiary alicyclic amines) is 1. The number of aromatic nitrogens is 3. The molecule has 3 aromatic rings. The number of piperidine rings is 1. The van der Waals surface area contributed by atoms with Gasteiger partial charge in [0.25, 0.3) is 5.91 Å². The van der Waals surface area contributed by atoms with Crippen molar-refractivity contribution in [2.45, 2.75) is 25.9 Å². The number of carbonyl (C=O) groups excluding carboxylic acids is 1. The van der Waals surface area contributed by atoms with E-state index >= 15 is 0 Å². The molecule has 1 amide bonds. The van der Waals surface area contributed by atoms with Gasteiger partial charge in [0, 0.05) is 24.7 Å². The van der Waals surface area contributed by atoms with Gasteiger partial charge in [-0.2, -0.15) is 18.3 Å². The minimum Gasteiger partial charge on any atom is -0.337 e. The van der Waals surface area contributed by atoms with Gasteiger partial charge in [0.15, 0.2) is 17.0 Å². The summed E-state index contributed by atoms with van der Waals surface area (Å²) in [5, 5.41) is 3.95. The molecule has 0 spiro atoms. The molecule has 0 saturated carbocycles. The Kier molecular flexibility index (Phi) is 4.56. The number of rotatable bonds is 2. The Morgan fingerprint density at radius 2 is 1.79 bits per heavy atom. The Bertz CT molecular complexity index is 1010. The number of halogens is 3. The maximum Gasteiger partial charge on any atom is 0.433 e. The molecule has 4 rings (SSSR count). The summed E-state index contributed by atoms with van der Waals surface area (Å²) in [6.07, 6.45) is -2.87. The highest BCUT2D eigenvalue weighted by molar-refractivity contribution is 5.93. The summed E-state index contributed by atoms with van der Waals surface area (Å²) in [5.41, 5.74) is -0.219. The average molecular weight is 388 g/mol. The Labute approximate surface area is 159 Å². The van der Waals surface area contributed by atoms with E-state index in [1.165, 1.54) is 6.07 Å². The van der Waals surface area contributed by atoms with Crippen LogP contribution >= 0.6 is 0 Å². The molecule has 1 aromatic carbocycles. The van der Waals surface area contributed by atoms with E-state index in [1.54, 1.807) is 35.2 Å². The van der Waals surface area contributed by atoms with Crippen molar-refractivity contribution in [2.24, 2.45) is 5.92 Å². The van der Waals surface area contributed by atoms with Gasteiger partial charge in [0.1, 0.15) is 0 Å². The Morgan fingerprint density at radius 3 is 2.43 bits per heavy atom. The van der Waals surface area contributed by atoms with E-state index in [2.05, 4.69) is 17.0 Å². The van der Waals surface area contributed by atoms with Gasteiger partial charge < -0.3 is 4.90 Å². The fraction of sp³-hybridized carbons (Fsp3) is 0.350. The van der Waals surface area contributed by atoms with Crippen LogP contribution in [0.5, 0.6) is 0 Å². The van der Waals surface area contributed by atoms with Crippen molar-refractivity contribution < 1.29 is 18.0 Å². The first kappa shape index (κ1) is 18.5. The molecular formula is C20H19F3N4O. The lowest BCUT2D eigenvalue weighted by molar-refractivity contribution is -0.142.